The van der Waals surface area contributed by atoms with Crippen LogP contribution in [0.1, 0.15) is 68.3 Å². The number of hydrogen-bond acceptors (Lipinski definition) is 7. The standard InChI is InChI=1S/C14H18O4.C7H5NO4/c1-3-9-17-13(15)11-7-5-6-8-12(11)14(16)18-10-4-2;9-6(10)4-1-2-5(7(11)12)8-3-4/h5-8H,3-4,9-10H2,1-2H3;1-3H,(H,9,10)(H,11,12). The zero-order chi connectivity index (χ0) is 22.5. The van der Waals surface area contributed by atoms with Crippen molar-refractivity contribution < 1.29 is 38.9 Å². The van der Waals surface area contributed by atoms with Gasteiger partial charge in [0, 0.05) is 6.20 Å². The van der Waals surface area contributed by atoms with E-state index in [1.54, 1.807) is 24.3 Å². The van der Waals surface area contributed by atoms with E-state index in [4.69, 9.17) is 19.7 Å². The number of ether oxygens (including phenoxy) is 2. The molecule has 0 aliphatic carbocycles. The summed E-state index contributed by atoms with van der Waals surface area (Å²) < 4.78 is 10.1. The number of esters is 2. The molecule has 2 N–H and O–H groups in total. The summed E-state index contributed by atoms with van der Waals surface area (Å²) in [5, 5.41) is 16.8. The first-order valence-electron chi connectivity index (χ1n) is 9.17. The Kier molecular flexibility index (Phi) is 10.2. The molecule has 160 valence electrons. The molecule has 1 aromatic carbocycles. The number of aromatic nitrogens is 1. The van der Waals surface area contributed by atoms with Crippen LogP contribution in [-0.2, 0) is 9.47 Å². The Morgan fingerprint density at radius 1 is 0.800 bits per heavy atom. The van der Waals surface area contributed by atoms with E-state index in [1.807, 2.05) is 13.8 Å². The van der Waals surface area contributed by atoms with Crippen molar-refractivity contribution in [2.75, 3.05) is 13.2 Å². The summed E-state index contributed by atoms with van der Waals surface area (Å²) in [6.45, 7) is 4.51. The fourth-order valence-electron chi connectivity index (χ4n) is 2.03. The Bertz CT molecular complexity index is 805. The normalized spacial score (nSPS) is 9.67. The number of benzene rings is 1. The molecule has 0 bridgehead atoms. The van der Waals surface area contributed by atoms with Crippen LogP contribution in [0, 0.1) is 0 Å². The predicted octanol–water partition coefficient (Wildman–Crippen LogP) is 3.30. The molecule has 0 saturated carbocycles. The van der Waals surface area contributed by atoms with E-state index in [0.29, 0.717) is 13.2 Å². The van der Waals surface area contributed by atoms with Crippen LogP contribution in [0.2, 0.25) is 0 Å². The summed E-state index contributed by atoms with van der Waals surface area (Å²) in [6.07, 6.45) is 2.49. The monoisotopic (exact) mass is 417 g/mol. The van der Waals surface area contributed by atoms with Crippen LogP contribution in [0.3, 0.4) is 0 Å². The highest BCUT2D eigenvalue weighted by Gasteiger charge is 2.18. The van der Waals surface area contributed by atoms with E-state index >= 15 is 0 Å². The third-order valence-electron chi connectivity index (χ3n) is 3.47. The smallest absolute Gasteiger partial charge is 0.354 e. The fourth-order valence-corrected chi connectivity index (χ4v) is 2.03. The first kappa shape index (κ1) is 24.3. The van der Waals surface area contributed by atoms with E-state index in [9.17, 15) is 19.2 Å². The molecule has 0 amide bonds. The predicted molar refractivity (Wildman–Crippen MR) is 106 cm³/mol. The molecule has 30 heavy (non-hydrogen) atoms. The average molecular weight is 417 g/mol. The molecule has 1 aromatic heterocycles. The molecular weight excluding hydrogens is 394 g/mol. The second-order valence-corrected chi connectivity index (χ2v) is 5.86. The Morgan fingerprint density at radius 3 is 1.63 bits per heavy atom. The lowest BCUT2D eigenvalue weighted by Crippen LogP contribution is -2.14. The van der Waals surface area contributed by atoms with Crippen molar-refractivity contribution in [3.05, 3.63) is 65.0 Å². The molecule has 0 spiro atoms. The van der Waals surface area contributed by atoms with Crippen molar-refractivity contribution in [2.45, 2.75) is 26.7 Å². The lowest BCUT2D eigenvalue weighted by molar-refractivity contribution is 0.0458. The molecule has 1 heterocycles. The van der Waals surface area contributed by atoms with Crippen LogP contribution in [0.15, 0.2) is 42.6 Å². The van der Waals surface area contributed by atoms with E-state index in [1.165, 1.54) is 6.07 Å². The molecular formula is C21H23NO8. The van der Waals surface area contributed by atoms with Gasteiger partial charge in [0.2, 0.25) is 0 Å². The molecule has 2 rings (SSSR count). The van der Waals surface area contributed by atoms with Crippen molar-refractivity contribution in [3.63, 3.8) is 0 Å². The molecule has 0 atom stereocenters. The van der Waals surface area contributed by atoms with Gasteiger partial charge < -0.3 is 19.7 Å². The molecule has 0 fully saturated rings. The fraction of sp³-hybridized carbons (Fsp3) is 0.286. The van der Waals surface area contributed by atoms with Crippen molar-refractivity contribution in [3.8, 4) is 0 Å². The summed E-state index contributed by atoms with van der Waals surface area (Å²) in [7, 11) is 0. The molecule has 9 heteroatoms. The van der Waals surface area contributed by atoms with Crippen LogP contribution in [0.5, 0.6) is 0 Å². The first-order valence-corrected chi connectivity index (χ1v) is 9.17. The van der Waals surface area contributed by atoms with Gasteiger partial charge >= 0.3 is 23.9 Å². The molecule has 2 aromatic rings. The lowest BCUT2D eigenvalue weighted by atomic mass is 10.1. The van der Waals surface area contributed by atoms with Gasteiger partial charge in [0.15, 0.2) is 0 Å². The van der Waals surface area contributed by atoms with E-state index in [0.717, 1.165) is 25.1 Å². The Labute approximate surface area is 173 Å². The number of pyridine rings is 1. The number of aromatic carboxylic acids is 2. The Balaban J connectivity index is 0.000000325. The minimum absolute atomic E-state index is 0.0278. The number of carbonyl (C=O) groups excluding carboxylic acids is 2. The van der Waals surface area contributed by atoms with Crippen LogP contribution in [0.4, 0.5) is 0 Å². The van der Waals surface area contributed by atoms with Gasteiger partial charge in [-0.3, -0.25) is 0 Å². The summed E-state index contributed by atoms with van der Waals surface area (Å²) in [6, 6.07) is 8.86. The number of hydrogen-bond donors (Lipinski definition) is 2. The number of rotatable bonds is 8. The van der Waals surface area contributed by atoms with Gasteiger partial charge in [0.1, 0.15) is 5.69 Å². The van der Waals surface area contributed by atoms with Crippen molar-refractivity contribution in [2.24, 2.45) is 0 Å². The number of carbonyl (C=O) groups is 4. The highest BCUT2D eigenvalue weighted by Crippen LogP contribution is 2.12. The zero-order valence-corrected chi connectivity index (χ0v) is 16.7. The lowest BCUT2D eigenvalue weighted by Gasteiger charge is -2.08. The van der Waals surface area contributed by atoms with Crippen molar-refractivity contribution in [1.29, 1.82) is 0 Å². The van der Waals surface area contributed by atoms with Crippen LogP contribution < -0.4 is 0 Å². The van der Waals surface area contributed by atoms with E-state index < -0.39 is 23.9 Å². The number of carboxylic acids is 2. The summed E-state index contributed by atoms with van der Waals surface area (Å²) >= 11 is 0. The maximum Gasteiger partial charge on any atom is 0.354 e. The largest absolute Gasteiger partial charge is 0.478 e. The number of carboxylic acid groups (broad SMARTS) is 2. The van der Waals surface area contributed by atoms with Crippen molar-refractivity contribution in [1.82, 2.24) is 4.98 Å². The van der Waals surface area contributed by atoms with Gasteiger partial charge in [-0.25, -0.2) is 24.2 Å². The number of nitrogens with zero attached hydrogens (tertiary/aromatic N) is 1. The third-order valence-corrected chi connectivity index (χ3v) is 3.47. The molecule has 0 aliphatic rings. The molecule has 9 nitrogen and oxygen atoms in total. The summed E-state index contributed by atoms with van der Waals surface area (Å²) in [5.74, 6) is -3.27. The van der Waals surface area contributed by atoms with Crippen LogP contribution in [0.25, 0.3) is 0 Å². The molecule has 0 unspecified atom stereocenters. The SMILES string of the molecule is CCCOC(=O)c1ccccc1C(=O)OCCC.O=C(O)c1ccc(C(=O)O)nc1. The minimum atomic E-state index is -1.17. The van der Waals surface area contributed by atoms with Gasteiger partial charge in [-0.05, 0) is 37.1 Å². The highest BCUT2D eigenvalue weighted by molar-refractivity contribution is 6.03. The Hall–Kier alpha value is -3.75. The maximum atomic E-state index is 11.8. The average Bonchev–Trinajstić information content (AvgIpc) is 2.76. The van der Waals surface area contributed by atoms with E-state index in [2.05, 4.69) is 4.98 Å². The molecule has 0 saturated heterocycles. The highest BCUT2D eigenvalue weighted by atomic mass is 16.5. The quantitative estimate of drug-likeness (QED) is 0.619. The Morgan fingerprint density at radius 2 is 1.30 bits per heavy atom. The van der Waals surface area contributed by atoms with Crippen molar-refractivity contribution >= 4 is 23.9 Å². The second kappa shape index (κ2) is 12.7. The van der Waals surface area contributed by atoms with Crippen LogP contribution >= 0.6 is 0 Å². The summed E-state index contributed by atoms with van der Waals surface area (Å²) in [5.41, 5.74) is 0.319. The topological polar surface area (TPSA) is 140 Å². The van der Waals surface area contributed by atoms with Gasteiger partial charge in [0.25, 0.3) is 0 Å². The maximum absolute atomic E-state index is 11.8. The molecule has 0 aliphatic heterocycles. The van der Waals surface area contributed by atoms with Crippen LogP contribution in [-0.4, -0.2) is 52.3 Å². The first-order chi connectivity index (χ1) is 14.3. The second-order valence-electron chi connectivity index (χ2n) is 5.86. The van der Waals surface area contributed by atoms with Gasteiger partial charge in [-0.1, -0.05) is 26.0 Å². The van der Waals surface area contributed by atoms with Gasteiger partial charge in [-0.15, -0.1) is 0 Å². The minimum Gasteiger partial charge on any atom is -0.478 e. The molecule has 0 radical (unpaired) electrons. The third kappa shape index (κ3) is 7.70. The summed E-state index contributed by atoms with van der Waals surface area (Å²) in [4.78, 5) is 47.5. The zero-order valence-electron chi connectivity index (χ0n) is 16.7. The van der Waals surface area contributed by atoms with Gasteiger partial charge in [-0.2, -0.15) is 0 Å². The van der Waals surface area contributed by atoms with E-state index in [-0.39, 0.29) is 22.4 Å². The van der Waals surface area contributed by atoms with Gasteiger partial charge in [0.05, 0.1) is 29.9 Å².